The molecule has 1 aromatic carbocycles. The van der Waals surface area contributed by atoms with Gasteiger partial charge in [0, 0.05) is 36.5 Å². The predicted molar refractivity (Wildman–Crippen MR) is 101 cm³/mol. The Bertz CT molecular complexity index is 783. The highest BCUT2D eigenvalue weighted by Gasteiger charge is 2.21. The van der Waals surface area contributed by atoms with Gasteiger partial charge in [-0.25, -0.2) is 0 Å². The molecular formula is C20H21ClN2O2. The Balaban J connectivity index is 1.49. The van der Waals surface area contributed by atoms with Crippen LogP contribution < -0.4 is 5.56 Å². The molecule has 1 fully saturated rings. The summed E-state index contributed by atoms with van der Waals surface area (Å²) in [6, 6.07) is 11.2. The van der Waals surface area contributed by atoms with E-state index in [-0.39, 0.29) is 11.5 Å². The summed E-state index contributed by atoms with van der Waals surface area (Å²) >= 11 is 5.92. The van der Waals surface area contributed by atoms with Gasteiger partial charge in [-0.2, -0.15) is 0 Å². The highest BCUT2D eigenvalue weighted by Crippen LogP contribution is 2.22. The van der Waals surface area contributed by atoms with Crippen molar-refractivity contribution in [2.75, 3.05) is 13.1 Å². The van der Waals surface area contributed by atoms with Crippen LogP contribution in [0.3, 0.4) is 0 Å². The molecule has 1 aliphatic heterocycles. The molecule has 1 amide bonds. The van der Waals surface area contributed by atoms with Crippen molar-refractivity contribution in [3.8, 4) is 0 Å². The summed E-state index contributed by atoms with van der Waals surface area (Å²) in [4.78, 5) is 27.8. The van der Waals surface area contributed by atoms with Crippen molar-refractivity contribution in [1.82, 2.24) is 9.88 Å². The fraction of sp³-hybridized carbons (Fsp3) is 0.300. The van der Waals surface area contributed by atoms with Gasteiger partial charge in [-0.05, 0) is 60.6 Å². The minimum Gasteiger partial charge on any atom is -0.339 e. The van der Waals surface area contributed by atoms with E-state index in [1.165, 1.54) is 11.6 Å². The Labute approximate surface area is 152 Å². The predicted octanol–water partition coefficient (Wildman–Crippen LogP) is 3.52. The molecule has 0 spiro atoms. The monoisotopic (exact) mass is 356 g/mol. The number of piperidine rings is 1. The van der Waals surface area contributed by atoms with E-state index in [9.17, 15) is 9.59 Å². The fourth-order valence-corrected chi connectivity index (χ4v) is 3.24. The molecule has 1 N–H and O–H groups in total. The smallest absolute Gasteiger partial charge is 0.247 e. The number of carbonyl (C=O) groups excluding carboxylic acids is 1. The number of likely N-dealkylation sites (tertiary alicyclic amines) is 1. The minimum atomic E-state index is -0.147. The SMILES string of the molecule is O=C(/C=C/c1ccc(=O)[nH]c1)N1CCC(Cc2ccc(Cl)cc2)CC1. The molecule has 2 heterocycles. The summed E-state index contributed by atoms with van der Waals surface area (Å²) in [6.07, 6.45) is 7.98. The number of carbonyl (C=O) groups is 1. The van der Waals surface area contributed by atoms with Gasteiger partial charge in [-0.15, -0.1) is 0 Å². The van der Waals surface area contributed by atoms with Gasteiger partial charge in [-0.1, -0.05) is 23.7 Å². The number of halogens is 1. The number of hydrogen-bond donors (Lipinski definition) is 1. The summed E-state index contributed by atoms with van der Waals surface area (Å²) in [5.74, 6) is 0.629. The zero-order valence-electron chi connectivity index (χ0n) is 14.0. The van der Waals surface area contributed by atoms with Crippen LogP contribution in [0.2, 0.25) is 5.02 Å². The lowest BCUT2D eigenvalue weighted by Gasteiger charge is -2.31. The van der Waals surface area contributed by atoms with Crippen LogP contribution in [0.5, 0.6) is 0 Å². The third kappa shape index (κ3) is 5.07. The highest BCUT2D eigenvalue weighted by molar-refractivity contribution is 6.30. The van der Waals surface area contributed by atoms with Gasteiger partial charge in [0.05, 0.1) is 0 Å². The Morgan fingerprint density at radius 3 is 2.52 bits per heavy atom. The summed E-state index contributed by atoms with van der Waals surface area (Å²) in [7, 11) is 0. The number of H-pyrrole nitrogens is 1. The number of amides is 1. The van der Waals surface area contributed by atoms with E-state index >= 15 is 0 Å². The van der Waals surface area contributed by atoms with E-state index in [0.29, 0.717) is 5.92 Å². The number of aromatic amines is 1. The molecule has 1 saturated heterocycles. The van der Waals surface area contributed by atoms with Gasteiger partial charge < -0.3 is 9.88 Å². The van der Waals surface area contributed by atoms with Crippen LogP contribution in [0, 0.1) is 5.92 Å². The second-order valence-corrected chi connectivity index (χ2v) is 6.86. The minimum absolute atomic E-state index is 0.0242. The molecule has 4 nitrogen and oxygen atoms in total. The first-order valence-electron chi connectivity index (χ1n) is 8.50. The van der Waals surface area contributed by atoms with Crippen molar-refractivity contribution in [2.24, 2.45) is 5.92 Å². The van der Waals surface area contributed by atoms with Gasteiger partial charge in [0.15, 0.2) is 0 Å². The first kappa shape index (κ1) is 17.5. The average Bonchev–Trinajstić information content (AvgIpc) is 2.63. The molecule has 5 heteroatoms. The van der Waals surface area contributed by atoms with Crippen LogP contribution >= 0.6 is 11.6 Å². The van der Waals surface area contributed by atoms with Crippen molar-refractivity contribution in [2.45, 2.75) is 19.3 Å². The number of nitrogens with zero attached hydrogens (tertiary/aromatic N) is 1. The molecule has 0 bridgehead atoms. The summed E-state index contributed by atoms with van der Waals surface area (Å²) < 4.78 is 0. The molecule has 0 unspecified atom stereocenters. The molecule has 25 heavy (non-hydrogen) atoms. The third-order valence-electron chi connectivity index (χ3n) is 4.59. The third-order valence-corrected chi connectivity index (χ3v) is 4.84. The highest BCUT2D eigenvalue weighted by atomic mass is 35.5. The van der Waals surface area contributed by atoms with E-state index < -0.39 is 0 Å². The number of aromatic nitrogens is 1. The largest absolute Gasteiger partial charge is 0.339 e. The molecule has 0 atom stereocenters. The maximum absolute atomic E-state index is 12.3. The fourth-order valence-electron chi connectivity index (χ4n) is 3.11. The van der Waals surface area contributed by atoms with Gasteiger partial charge >= 0.3 is 0 Å². The van der Waals surface area contributed by atoms with Gasteiger partial charge in [0.1, 0.15) is 0 Å². The Morgan fingerprint density at radius 2 is 1.88 bits per heavy atom. The summed E-state index contributed by atoms with van der Waals surface area (Å²) in [5, 5.41) is 0.762. The molecule has 1 aromatic heterocycles. The molecule has 2 aromatic rings. The lowest BCUT2D eigenvalue weighted by Crippen LogP contribution is -2.37. The van der Waals surface area contributed by atoms with E-state index in [2.05, 4.69) is 17.1 Å². The van der Waals surface area contributed by atoms with E-state index in [0.717, 1.165) is 42.9 Å². The molecule has 0 saturated carbocycles. The van der Waals surface area contributed by atoms with E-state index in [1.807, 2.05) is 17.0 Å². The first-order valence-corrected chi connectivity index (χ1v) is 8.88. The second kappa shape index (κ2) is 8.17. The lowest BCUT2D eigenvalue weighted by molar-refractivity contribution is -0.127. The first-order chi connectivity index (χ1) is 12.1. The van der Waals surface area contributed by atoms with Crippen molar-refractivity contribution in [1.29, 1.82) is 0 Å². The molecule has 0 radical (unpaired) electrons. The maximum Gasteiger partial charge on any atom is 0.247 e. The maximum atomic E-state index is 12.3. The normalized spacial score (nSPS) is 15.6. The van der Waals surface area contributed by atoms with E-state index in [1.54, 1.807) is 24.4 Å². The zero-order valence-corrected chi connectivity index (χ0v) is 14.7. The van der Waals surface area contributed by atoms with Crippen LogP contribution in [-0.2, 0) is 11.2 Å². The topological polar surface area (TPSA) is 53.2 Å². The standard InChI is InChI=1S/C20H21ClN2O2/c21-18-5-1-15(2-6-18)13-16-9-11-23(12-10-16)20(25)8-4-17-3-7-19(24)22-14-17/h1-8,14,16H,9-13H2,(H,22,24)/b8-4+. The van der Waals surface area contributed by atoms with Crippen molar-refractivity contribution < 1.29 is 4.79 Å². The van der Waals surface area contributed by atoms with Crippen LogP contribution in [0.15, 0.2) is 53.5 Å². The molecule has 1 aliphatic rings. The number of rotatable bonds is 4. The zero-order chi connectivity index (χ0) is 17.6. The number of nitrogens with one attached hydrogen (secondary N) is 1. The average molecular weight is 357 g/mol. The number of pyridine rings is 1. The Hall–Kier alpha value is -2.33. The van der Waals surface area contributed by atoms with Crippen LogP contribution in [0.25, 0.3) is 6.08 Å². The van der Waals surface area contributed by atoms with Crippen LogP contribution in [-0.4, -0.2) is 28.9 Å². The molecule has 130 valence electrons. The van der Waals surface area contributed by atoms with Crippen molar-refractivity contribution >= 4 is 23.6 Å². The quantitative estimate of drug-likeness (QED) is 0.852. The second-order valence-electron chi connectivity index (χ2n) is 6.42. The van der Waals surface area contributed by atoms with Crippen LogP contribution in [0.1, 0.15) is 24.0 Å². The number of hydrogen-bond acceptors (Lipinski definition) is 2. The molecule has 3 rings (SSSR count). The number of benzene rings is 1. The summed E-state index contributed by atoms with van der Waals surface area (Å²) in [6.45, 7) is 1.57. The van der Waals surface area contributed by atoms with Crippen molar-refractivity contribution in [3.05, 3.63) is 75.2 Å². The Morgan fingerprint density at radius 1 is 1.16 bits per heavy atom. The van der Waals surface area contributed by atoms with Crippen LogP contribution in [0.4, 0.5) is 0 Å². The Kier molecular flexibility index (Phi) is 5.71. The lowest BCUT2D eigenvalue weighted by atomic mass is 9.90. The molecular weight excluding hydrogens is 336 g/mol. The van der Waals surface area contributed by atoms with Gasteiger partial charge in [-0.3, -0.25) is 9.59 Å². The summed E-state index contributed by atoms with van der Waals surface area (Å²) in [5.41, 5.74) is 1.96. The van der Waals surface area contributed by atoms with Gasteiger partial charge in [0.25, 0.3) is 0 Å². The van der Waals surface area contributed by atoms with E-state index in [4.69, 9.17) is 11.6 Å². The van der Waals surface area contributed by atoms with Gasteiger partial charge in [0.2, 0.25) is 11.5 Å². The van der Waals surface area contributed by atoms with Crippen molar-refractivity contribution in [3.63, 3.8) is 0 Å². The molecule has 0 aliphatic carbocycles.